The number of ether oxygens (including phenoxy) is 3. The Hall–Kier alpha value is -2.58. The molecule has 0 spiro atoms. The topological polar surface area (TPSA) is 88.4 Å². The lowest BCUT2D eigenvalue weighted by molar-refractivity contribution is -0.295. The highest BCUT2D eigenvalue weighted by atomic mass is 16.7. The van der Waals surface area contributed by atoms with Gasteiger partial charge in [0.05, 0.1) is 6.61 Å². The van der Waals surface area contributed by atoms with Gasteiger partial charge in [0.1, 0.15) is 30.0 Å². The molecule has 6 nitrogen and oxygen atoms in total. The van der Waals surface area contributed by atoms with Crippen molar-refractivity contribution in [3.8, 4) is 0 Å². The zero-order valence-corrected chi connectivity index (χ0v) is 17.8. The molecule has 0 saturated carbocycles. The Morgan fingerprint density at radius 1 is 0.719 bits per heavy atom. The standard InChI is InChI=1S/C26H28O6/c1-30-24-21(32-25(29)23(28)22(24)27)17-31-26(18-11-5-2-6-12-18,19-13-7-3-8-14-19)20-15-9-4-10-16-20/h2-16,21-25,27-29H,17H2,1H3/t21?,22-,23?,24-,25-/m1/s1. The molecule has 0 radical (unpaired) electrons. The lowest BCUT2D eigenvalue weighted by atomic mass is 9.80. The van der Waals surface area contributed by atoms with E-state index in [-0.39, 0.29) is 6.61 Å². The van der Waals surface area contributed by atoms with Gasteiger partial charge in [-0.2, -0.15) is 0 Å². The van der Waals surface area contributed by atoms with Gasteiger partial charge in [-0.25, -0.2) is 0 Å². The quantitative estimate of drug-likeness (QED) is 0.493. The minimum atomic E-state index is -1.54. The van der Waals surface area contributed by atoms with Crippen LogP contribution in [0.3, 0.4) is 0 Å². The van der Waals surface area contributed by atoms with Crippen LogP contribution in [-0.2, 0) is 19.8 Å². The summed E-state index contributed by atoms with van der Waals surface area (Å²) in [7, 11) is 1.42. The summed E-state index contributed by atoms with van der Waals surface area (Å²) >= 11 is 0. The number of hydrogen-bond donors (Lipinski definition) is 3. The summed E-state index contributed by atoms with van der Waals surface area (Å²) in [6.45, 7) is -0.00195. The number of methoxy groups -OCH3 is 1. The molecule has 0 amide bonds. The molecule has 3 N–H and O–H groups in total. The van der Waals surface area contributed by atoms with E-state index in [0.29, 0.717) is 0 Å². The Balaban J connectivity index is 1.78. The maximum Gasteiger partial charge on any atom is 0.184 e. The van der Waals surface area contributed by atoms with E-state index in [9.17, 15) is 15.3 Å². The van der Waals surface area contributed by atoms with E-state index in [2.05, 4.69) is 0 Å². The maximum absolute atomic E-state index is 10.4. The van der Waals surface area contributed by atoms with Crippen LogP contribution in [-0.4, -0.2) is 59.7 Å². The monoisotopic (exact) mass is 436 g/mol. The van der Waals surface area contributed by atoms with Crippen LogP contribution in [0.1, 0.15) is 16.7 Å². The normalized spacial score (nSPS) is 26.1. The van der Waals surface area contributed by atoms with Crippen molar-refractivity contribution >= 4 is 0 Å². The molecule has 1 aliphatic rings. The molecule has 1 aliphatic heterocycles. The summed E-state index contributed by atoms with van der Waals surface area (Å²) in [5, 5.41) is 30.4. The summed E-state index contributed by atoms with van der Waals surface area (Å²) in [5.74, 6) is 0. The molecule has 32 heavy (non-hydrogen) atoms. The van der Waals surface area contributed by atoms with Gasteiger partial charge in [-0.15, -0.1) is 0 Å². The van der Waals surface area contributed by atoms with Crippen LogP contribution in [0.5, 0.6) is 0 Å². The van der Waals surface area contributed by atoms with Crippen LogP contribution < -0.4 is 0 Å². The van der Waals surface area contributed by atoms with Crippen LogP contribution in [0.2, 0.25) is 0 Å². The molecule has 1 fully saturated rings. The Kier molecular flexibility index (Phi) is 7.01. The average Bonchev–Trinajstić information content (AvgIpc) is 2.85. The molecule has 5 atom stereocenters. The van der Waals surface area contributed by atoms with Crippen molar-refractivity contribution in [2.24, 2.45) is 0 Å². The molecule has 4 rings (SSSR count). The lowest BCUT2D eigenvalue weighted by Gasteiger charge is -2.42. The molecule has 1 heterocycles. The van der Waals surface area contributed by atoms with E-state index in [1.54, 1.807) is 0 Å². The van der Waals surface area contributed by atoms with Crippen molar-refractivity contribution < 1.29 is 29.5 Å². The lowest BCUT2D eigenvalue weighted by Crippen LogP contribution is -2.59. The van der Waals surface area contributed by atoms with Crippen LogP contribution in [0.4, 0.5) is 0 Å². The third-order valence-corrected chi connectivity index (χ3v) is 5.94. The second-order valence-corrected chi connectivity index (χ2v) is 7.84. The van der Waals surface area contributed by atoms with Crippen molar-refractivity contribution in [2.45, 2.75) is 36.3 Å². The maximum atomic E-state index is 10.4. The number of hydrogen-bond acceptors (Lipinski definition) is 6. The van der Waals surface area contributed by atoms with Crippen LogP contribution in [0.25, 0.3) is 0 Å². The highest BCUT2D eigenvalue weighted by Crippen LogP contribution is 2.41. The number of rotatable bonds is 7. The summed E-state index contributed by atoms with van der Waals surface area (Å²) in [5.41, 5.74) is 1.78. The van der Waals surface area contributed by atoms with Crippen molar-refractivity contribution in [3.05, 3.63) is 108 Å². The Morgan fingerprint density at radius 2 is 1.16 bits per heavy atom. The molecule has 1 saturated heterocycles. The first-order valence-electron chi connectivity index (χ1n) is 10.6. The highest BCUT2D eigenvalue weighted by Gasteiger charge is 2.46. The van der Waals surface area contributed by atoms with E-state index in [1.165, 1.54) is 7.11 Å². The fourth-order valence-corrected chi connectivity index (χ4v) is 4.32. The number of aliphatic hydroxyl groups excluding tert-OH is 3. The summed E-state index contributed by atoms with van der Waals surface area (Å²) in [6.07, 6.45) is -5.97. The predicted molar refractivity (Wildman–Crippen MR) is 119 cm³/mol. The molecule has 0 aromatic heterocycles. The molecule has 3 aromatic rings. The second-order valence-electron chi connectivity index (χ2n) is 7.84. The average molecular weight is 437 g/mol. The molecular formula is C26H28O6. The summed E-state index contributed by atoms with van der Waals surface area (Å²) < 4.78 is 17.6. The van der Waals surface area contributed by atoms with Crippen molar-refractivity contribution in [2.75, 3.05) is 13.7 Å². The molecule has 2 unspecified atom stereocenters. The Morgan fingerprint density at radius 3 is 1.56 bits per heavy atom. The van der Waals surface area contributed by atoms with Gasteiger partial charge in [-0.3, -0.25) is 0 Å². The van der Waals surface area contributed by atoms with Crippen molar-refractivity contribution in [1.82, 2.24) is 0 Å². The van der Waals surface area contributed by atoms with E-state index in [1.807, 2.05) is 91.0 Å². The predicted octanol–water partition coefficient (Wildman–Crippen LogP) is 2.45. The number of benzene rings is 3. The third-order valence-electron chi connectivity index (χ3n) is 5.94. The van der Waals surface area contributed by atoms with Crippen molar-refractivity contribution in [1.29, 1.82) is 0 Å². The summed E-state index contributed by atoms with van der Waals surface area (Å²) in [4.78, 5) is 0. The van der Waals surface area contributed by atoms with Gasteiger partial charge in [0, 0.05) is 7.11 Å². The van der Waals surface area contributed by atoms with Crippen LogP contribution >= 0.6 is 0 Å². The molecule has 168 valence electrons. The SMILES string of the molecule is CO[C@@H]1C(COC(c2ccccc2)(c2ccccc2)c2ccccc2)O[C@@H](O)C(O)[C@H]1O. The minimum Gasteiger partial charge on any atom is -0.387 e. The smallest absolute Gasteiger partial charge is 0.184 e. The first kappa shape index (κ1) is 22.6. The van der Waals surface area contributed by atoms with E-state index < -0.39 is 36.3 Å². The Bertz CT molecular complexity index is 869. The van der Waals surface area contributed by atoms with Gasteiger partial charge in [-0.1, -0.05) is 91.0 Å². The fourth-order valence-electron chi connectivity index (χ4n) is 4.32. The number of aliphatic hydroxyl groups is 3. The largest absolute Gasteiger partial charge is 0.387 e. The first-order chi connectivity index (χ1) is 15.6. The van der Waals surface area contributed by atoms with Gasteiger partial charge in [0.2, 0.25) is 0 Å². The van der Waals surface area contributed by atoms with Crippen molar-refractivity contribution in [3.63, 3.8) is 0 Å². The molecular weight excluding hydrogens is 408 g/mol. The second kappa shape index (κ2) is 9.92. The molecule has 0 aliphatic carbocycles. The van der Waals surface area contributed by atoms with Gasteiger partial charge in [0.15, 0.2) is 6.29 Å². The van der Waals surface area contributed by atoms with Gasteiger partial charge >= 0.3 is 0 Å². The molecule has 6 heteroatoms. The van der Waals surface area contributed by atoms with Crippen LogP contribution in [0, 0.1) is 0 Å². The highest BCUT2D eigenvalue weighted by molar-refractivity contribution is 5.47. The summed E-state index contributed by atoms with van der Waals surface area (Å²) in [6, 6.07) is 29.6. The molecule has 3 aromatic carbocycles. The van der Waals surface area contributed by atoms with E-state index >= 15 is 0 Å². The minimum absolute atomic E-state index is 0.00195. The Labute approximate surface area is 187 Å². The zero-order valence-electron chi connectivity index (χ0n) is 17.8. The van der Waals surface area contributed by atoms with E-state index in [0.717, 1.165) is 16.7 Å². The fraction of sp³-hybridized carbons (Fsp3) is 0.308. The third kappa shape index (κ3) is 4.21. The van der Waals surface area contributed by atoms with E-state index in [4.69, 9.17) is 14.2 Å². The molecule has 0 bridgehead atoms. The first-order valence-corrected chi connectivity index (χ1v) is 10.6. The zero-order chi connectivity index (χ0) is 22.6. The van der Waals surface area contributed by atoms with Gasteiger partial charge in [0.25, 0.3) is 0 Å². The van der Waals surface area contributed by atoms with Gasteiger partial charge < -0.3 is 29.5 Å². The van der Waals surface area contributed by atoms with Gasteiger partial charge in [-0.05, 0) is 16.7 Å². The van der Waals surface area contributed by atoms with Crippen LogP contribution in [0.15, 0.2) is 91.0 Å².